The molecule has 0 saturated heterocycles. The number of imidazole rings is 1. The fourth-order valence-electron chi connectivity index (χ4n) is 2.78. The first kappa shape index (κ1) is 17.7. The number of carbonyl (C=O) groups is 1. The summed E-state index contributed by atoms with van der Waals surface area (Å²) in [6.07, 6.45) is 1.46. The van der Waals surface area contributed by atoms with Gasteiger partial charge in [0.25, 0.3) is 0 Å². The molecule has 0 atom stereocenters. The predicted molar refractivity (Wildman–Crippen MR) is 104 cm³/mol. The minimum atomic E-state index is -0.144. The molecule has 4 nitrogen and oxygen atoms in total. The summed E-state index contributed by atoms with van der Waals surface area (Å²) in [5.41, 5.74) is 4.79. The molecule has 26 heavy (non-hydrogen) atoms. The van der Waals surface area contributed by atoms with Crippen LogP contribution >= 0.6 is 0 Å². The van der Waals surface area contributed by atoms with Crippen LogP contribution in [-0.4, -0.2) is 15.9 Å². The number of hydrogen-bond acceptors (Lipinski definition) is 2. The Kier molecular flexibility index (Phi) is 5.64. The Labute approximate surface area is 154 Å². The van der Waals surface area contributed by atoms with E-state index in [1.807, 2.05) is 36.4 Å². The quantitative estimate of drug-likeness (QED) is 0.640. The first-order valence-electron chi connectivity index (χ1n) is 8.70. The van der Waals surface area contributed by atoms with Crippen LogP contribution in [0.1, 0.15) is 35.3 Å². The van der Waals surface area contributed by atoms with Crippen LogP contribution in [0.25, 0.3) is 0 Å². The van der Waals surface area contributed by atoms with Crippen LogP contribution in [0.5, 0.6) is 0 Å². The normalized spacial score (nSPS) is 10.5. The maximum absolute atomic E-state index is 11.8. The molecule has 1 amide bonds. The van der Waals surface area contributed by atoms with Gasteiger partial charge in [0.15, 0.2) is 0 Å². The number of nitrogens with one attached hydrogen (secondary N) is 2. The fourth-order valence-corrected chi connectivity index (χ4v) is 2.78. The van der Waals surface area contributed by atoms with Crippen LogP contribution in [0.3, 0.4) is 0 Å². The van der Waals surface area contributed by atoms with Gasteiger partial charge < -0.3 is 10.3 Å². The van der Waals surface area contributed by atoms with Gasteiger partial charge in [-0.1, -0.05) is 67.2 Å². The van der Waals surface area contributed by atoms with E-state index in [9.17, 15) is 4.79 Å². The minimum absolute atomic E-state index is 0.144. The number of aromatic amines is 1. The molecule has 3 rings (SSSR count). The molecular weight excluding hydrogens is 322 g/mol. The lowest BCUT2D eigenvalue weighted by molar-refractivity contribution is -0.117. The number of benzene rings is 2. The summed E-state index contributed by atoms with van der Waals surface area (Å²) in [7, 11) is 0. The van der Waals surface area contributed by atoms with Crippen molar-refractivity contribution in [1.29, 1.82) is 0 Å². The maximum atomic E-state index is 11.8. The highest BCUT2D eigenvalue weighted by molar-refractivity contribution is 5.91. The number of H-pyrrole nitrogens is 1. The molecule has 0 radical (unpaired) electrons. The summed E-state index contributed by atoms with van der Waals surface area (Å²) < 4.78 is 0. The average Bonchev–Trinajstić information content (AvgIpc) is 3.02. The molecule has 2 aromatic carbocycles. The molecule has 0 aliphatic heterocycles. The topological polar surface area (TPSA) is 57.8 Å². The van der Waals surface area contributed by atoms with Gasteiger partial charge >= 0.3 is 0 Å². The van der Waals surface area contributed by atoms with E-state index < -0.39 is 0 Å². The number of hydrogen-bond donors (Lipinski definition) is 2. The van der Waals surface area contributed by atoms with Gasteiger partial charge in [-0.3, -0.25) is 4.79 Å². The molecule has 0 spiro atoms. The van der Waals surface area contributed by atoms with Crippen LogP contribution in [0.15, 0.2) is 72.8 Å². The van der Waals surface area contributed by atoms with Crippen molar-refractivity contribution in [1.82, 2.24) is 15.3 Å². The molecule has 2 N–H and O–H groups in total. The molecule has 1 aromatic heterocycles. The lowest BCUT2D eigenvalue weighted by atomic mass is 10.1. The first-order chi connectivity index (χ1) is 12.6. The van der Waals surface area contributed by atoms with Crippen LogP contribution in [0.2, 0.25) is 0 Å². The number of amides is 1. The van der Waals surface area contributed by atoms with Crippen LogP contribution in [0, 0.1) is 0 Å². The molecule has 0 unspecified atom stereocenters. The molecule has 132 valence electrons. The lowest BCUT2D eigenvalue weighted by Gasteiger charge is -2.05. The van der Waals surface area contributed by atoms with Gasteiger partial charge in [-0.05, 0) is 18.1 Å². The van der Waals surface area contributed by atoms with Gasteiger partial charge in [0.05, 0.1) is 17.9 Å². The van der Waals surface area contributed by atoms with Crippen molar-refractivity contribution >= 4 is 5.91 Å². The highest BCUT2D eigenvalue weighted by atomic mass is 16.1. The van der Waals surface area contributed by atoms with E-state index in [2.05, 4.69) is 41.1 Å². The van der Waals surface area contributed by atoms with Crippen molar-refractivity contribution in [3.05, 3.63) is 101 Å². The Balaban J connectivity index is 1.81. The largest absolute Gasteiger partial charge is 0.347 e. The van der Waals surface area contributed by atoms with E-state index in [0.29, 0.717) is 12.1 Å². The third-order valence-corrected chi connectivity index (χ3v) is 4.16. The van der Waals surface area contributed by atoms with Crippen LogP contribution in [0.4, 0.5) is 0 Å². The summed E-state index contributed by atoms with van der Waals surface area (Å²) in [6.45, 7) is 5.80. The predicted octanol–water partition coefficient (Wildman–Crippen LogP) is 3.78. The number of rotatable bonds is 7. The number of carbonyl (C=O) groups excluding carboxylic acids is 1. The second-order valence-corrected chi connectivity index (χ2v) is 6.40. The molecule has 0 aliphatic rings. The third-order valence-electron chi connectivity index (χ3n) is 4.16. The van der Waals surface area contributed by atoms with Crippen LogP contribution in [-0.2, 0) is 24.2 Å². The molecule has 1 heterocycles. The minimum Gasteiger partial charge on any atom is -0.347 e. The van der Waals surface area contributed by atoms with Crippen molar-refractivity contribution in [3.63, 3.8) is 0 Å². The molecule has 4 heteroatoms. The van der Waals surface area contributed by atoms with E-state index in [1.165, 1.54) is 11.1 Å². The van der Waals surface area contributed by atoms with Gasteiger partial charge in [0.1, 0.15) is 5.82 Å². The van der Waals surface area contributed by atoms with Crippen LogP contribution < -0.4 is 5.32 Å². The molecular formula is C22H23N3O. The van der Waals surface area contributed by atoms with Gasteiger partial charge in [-0.25, -0.2) is 4.98 Å². The average molecular weight is 345 g/mol. The Morgan fingerprint density at radius 2 is 1.58 bits per heavy atom. The Morgan fingerprint density at radius 1 is 1.00 bits per heavy atom. The van der Waals surface area contributed by atoms with E-state index in [4.69, 9.17) is 4.98 Å². The molecule has 0 saturated carbocycles. The standard InChI is InChI=1S/C22H23N3O/c1-16(2)22(26)23-15-20-19(13-17-9-5-3-6-10-17)24-21(25-20)14-18-11-7-4-8-12-18/h3-12H,1,13-15H2,2H3,(H,23,26)(H,24,25). The summed E-state index contributed by atoms with van der Waals surface area (Å²) in [6, 6.07) is 20.4. The fraction of sp³-hybridized carbons (Fsp3) is 0.182. The smallest absolute Gasteiger partial charge is 0.246 e. The van der Waals surface area contributed by atoms with E-state index in [0.717, 1.165) is 30.1 Å². The first-order valence-corrected chi connectivity index (χ1v) is 8.70. The second kappa shape index (κ2) is 8.30. The summed E-state index contributed by atoms with van der Waals surface area (Å²) in [5, 5.41) is 2.89. The highest BCUT2D eigenvalue weighted by Crippen LogP contribution is 2.15. The summed E-state index contributed by atoms with van der Waals surface area (Å²) in [4.78, 5) is 20.0. The highest BCUT2D eigenvalue weighted by Gasteiger charge is 2.13. The van der Waals surface area contributed by atoms with Crippen molar-refractivity contribution in [2.75, 3.05) is 0 Å². The second-order valence-electron chi connectivity index (χ2n) is 6.40. The molecule has 0 fully saturated rings. The van der Waals surface area contributed by atoms with Crippen molar-refractivity contribution in [2.45, 2.75) is 26.3 Å². The van der Waals surface area contributed by atoms with Gasteiger partial charge in [0, 0.05) is 18.4 Å². The number of aromatic nitrogens is 2. The van der Waals surface area contributed by atoms with Gasteiger partial charge in [-0.2, -0.15) is 0 Å². The Morgan fingerprint density at radius 3 is 2.15 bits per heavy atom. The Hall–Kier alpha value is -3.14. The van der Waals surface area contributed by atoms with E-state index >= 15 is 0 Å². The Bertz CT molecular complexity index is 882. The summed E-state index contributed by atoms with van der Waals surface area (Å²) in [5.74, 6) is 0.761. The van der Waals surface area contributed by atoms with Crippen molar-refractivity contribution in [3.8, 4) is 0 Å². The van der Waals surface area contributed by atoms with E-state index in [-0.39, 0.29) is 5.91 Å². The molecule has 0 aliphatic carbocycles. The van der Waals surface area contributed by atoms with Gasteiger partial charge in [0.2, 0.25) is 5.91 Å². The summed E-state index contributed by atoms with van der Waals surface area (Å²) >= 11 is 0. The monoisotopic (exact) mass is 345 g/mol. The SMILES string of the molecule is C=C(C)C(=O)NCc1[nH]c(Cc2ccccc2)nc1Cc1ccccc1. The maximum Gasteiger partial charge on any atom is 0.246 e. The zero-order valence-electron chi connectivity index (χ0n) is 15.0. The van der Waals surface area contributed by atoms with Crippen molar-refractivity contribution < 1.29 is 4.79 Å². The zero-order valence-corrected chi connectivity index (χ0v) is 15.0. The molecule has 3 aromatic rings. The van der Waals surface area contributed by atoms with E-state index in [1.54, 1.807) is 6.92 Å². The molecule has 0 bridgehead atoms. The third kappa shape index (κ3) is 4.70. The number of nitrogens with zero attached hydrogens (tertiary/aromatic N) is 1. The zero-order chi connectivity index (χ0) is 18.4. The lowest BCUT2D eigenvalue weighted by Crippen LogP contribution is -2.23. The van der Waals surface area contributed by atoms with Gasteiger partial charge in [-0.15, -0.1) is 0 Å². The van der Waals surface area contributed by atoms with Crippen molar-refractivity contribution in [2.24, 2.45) is 0 Å².